The van der Waals surface area contributed by atoms with Gasteiger partial charge in [-0.25, -0.2) is 0 Å². The Morgan fingerprint density at radius 1 is 1.19 bits per heavy atom. The Balaban J connectivity index is 1.66. The lowest BCUT2D eigenvalue weighted by molar-refractivity contribution is -0.116. The van der Waals surface area contributed by atoms with Crippen LogP contribution in [0.3, 0.4) is 0 Å². The molecule has 2 N–H and O–H groups in total. The van der Waals surface area contributed by atoms with Crippen LogP contribution in [0, 0.1) is 0 Å². The molecule has 0 unspecified atom stereocenters. The van der Waals surface area contributed by atoms with Crippen LogP contribution >= 0.6 is 0 Å². The molecule has 0 bridgehead atoms. The summed E-state index contributed by atoms with van der Waals surface area (Å²) < 4.78 is 5.38. The number of benzene rings is 1. The number of rotatable bonds is 7. The van der Waals surface area contributed by atoms with E-state index in [4.69, 9.17) is 4.74 Å². The van der Waals surface area contributed by atoms with Crippen LogP contribution in [0.25, 0.3) is 0 Å². The van der Waals surface area contributed by atoms with Crippen LogP contribution in [0.1, 0.15) is 45.4 Å². The molecule has 0 aromatic heterocycles. The summed E-state index contributed by atoms with van der Waals surface area (Å²) in [7, 11) is 0. The van der Waals surface area contributed by atoms with Crippen molar-refractivity contribution in [2.24, 2.45) is 0 Å². The van der Waals surface area contributed by atoms with E-state index in [9.17, 15) is 4.79 Å². The van der Waals surface area contributed by atoms with Crippen LogP contribution in [0.15, 0.2) is 24.3 Å². The van der Waals surface area contributed by atoms with E-state index in [0.717, 1.165) is 18.0 Å². The van der Waals surface area contributed by atoms with E-state index in [1.54, 1.807) is 0 Å². The van der Waals surface area contributed by atoms with Gasteiger partial charge in [0, 0.05) is 24.7 Å². The molecule has 1 aliphatic rings. The third kappa shape index (κ3) is 5.76. The van der Waals surface area contributed by atoms with Gasteiger partial charge in [-0.05, 0) is 44.0 Å². The van der Waals surface area contributed by atoms with Crippen molar-refractivity contribution in [2.75, 3.05) is 18.5 Å². The Bertz CT molecular complexity index is 425. The number of hydrogen-bond acceptors (Lipinski definition) is 3. The predicted octanol–water partition coefficient (Wildman–Crippen LogP) is 3.34. The highest BCUT2D eigenvalue weighted by molar-refractivity contribution is 5.90. The minimum absolute atomic E-state index is 0.0578. The lowest BCUT2D eigenvalue weighted by atomic mass is 9.95. The van der Waals surface area contributed by atoms with Gasteiger partial charge in [-0.3, -0.25) is 4.79 Å². The molecule has 1 aromatic rings. The third-order valence-corrected chi connectivity index (χ3v) is 3.84. The molecule has 0 radical (unpaired) electrons. The second-order valence-electron chi connectivity index (χ2n) is 5.54. The van der Waals surface area contributed by atoms with Crippen LogP contribution in [0.4, 0.5) is 5.69 Å². The number of carbonyl (C=O) groups is 1. The van der Waals surface area contributed by atoms with E-state index in [0.29, 0.717) is 19.1 Å². The Hall–Kier alpha value is -1.55. The van der Waals surface area contributed by atoms with Crippen LogP contribution in [-0.2, 0) is 4.79 Å². The van der Waals surface area contributed by atoms with Crippen molar-refractivity contribution in [3.8, 4) is 5.75 Å². The Kier molecular flexibility index (Phi) is 6.54. The third-order valence-electron chi connectivity index (χ3n) is 3.84. The second-order valence-corrected chi connectivity index (χ2v) is 5.54. The number of carbonyl (C=O) groups excluding carboxylic acids is 1. The molecular formula is C17H26N2O2. The van der Waals surface area contributed by atoms with Crippen molar-refractivity contribution < 1.29 is 9.53 Å². The molecule has 1 aliphatic carbocycles. The van der Waals surface area contributed by atoms with Gasteiger partial charge >= 0.3 is 0 Å². The molecular weight excluding hydrogens is 264 g/mol. The van der Waals surface area contributed by atoms with Crippen LogP contribution in [0.2, 0.25) is 0 Å². The average molecular weight is 290 g/mol. The van der Waals surface area contributed by atoms with Crippen molar-refractivity contribution in [3.05, 3.63) is 24.3 Å². The number of amides is 1. The van der Waals surface area contributed by atoms with Crippen LogP contribution < -0.4 is 15.4 Å². The first-order valence-corrected chi connectivity index (χ1v) is 8.04. The summed E-state index contributed by atoms with van der Waals surface area (Å²) in [5.74, 6) is 0.886. The fourth-order valence-electron chi connectivity index (χ4n) is 2.72. The Morgan fingerprint density at radius 2 is 1.90 bits per heavy atom. The van der Waals surface area contributed by atoms with Gasteiger partial charge in [0.25, 0.3) is 0 Å². The lowest BCUT2D eigenvalue weighted by Crippen LogP contribution is -2.33. The standard InChI is InChI=1S/C17H26N2O2/c1-2-21-16-10-8-15(9-11-16)19-17(20)12-13-18-14-6-4-3-5-7-14/h8-11,14,18H,2-7,12-13H2,1H3,(H,19,20). The first-order chi connectivity index (χ1) is 10.3. The van der Waals surface area contributed by atoms with Crippen molar-refractivity contribution in [1.29, 1.82) is 0 Å². The topological polar surface area (TPSA) is 50.4 Å². The lowest BCUT2D eigenvalue weighted by Gasteiger charge is -2.22. The monoisotopic (exact) mass is 290 g/mol. The molecule has 1 fully saturated rings. The molecule has 0 saturated heterocycles. The zero-order chi connectivity index (χ0) is 14.9. The fourth-order valence-corrected chi connectivity index (χ4v) is 2.72. The highest BCUT2D eigenvalue weighted by atomic mass is 16.5. The van der Waals surface area contributed by atoms with Gasteiger partial charge in [-0.1, -0.05) is 19.3 Å². The summed E-state index contributed by atoms with van der Waals surface area (Å²) in [4.78, 5) is 11.9. The van der Waals surface area contributed by atoms with Crippen molar-refractivity contribution in [3.63, 3.8) is 0 Å². The summed E-state index contributed by atoms with van der Waals surface area (Å²) in [6, 6.07) is 8.10. The van der Waals surface area contributed by atoms with Gasteiger partial charge in [-0.2, -0.15) is 0 Å². The SMILES string of the molecule is CCOc1ccc(NC(=O)CCNC2CCCCC2)cc1. The Labute approximate surface area is 127 Å². The van der Waals surface area contributed by atoms with Crippen molar-refractivity contribution in [2.45, 2.75) is 51.5 Å². The summed E-state index contributed by atoms with van der Waals surface area (Å²) in [5.41, 5.74) is 0.820. The first-order valence-electron chi connectivity index (χ1n) is 8.04. The van der Waals surface area contributed by atoms with Gasteiger partial charge in [-0.15, -0.1) is 0 Å². The number of anilines is 1. The normalized spacial score (nSPS) is 15.7. The van der Waals surface area contributed by atoms with E-state index in [1.807, 2.05) is 31.2 Å². The molecule has 1 amide bonds. The molecule has 4 nitrogen and oxygen atoms in total. The van der Waals surface area contributed by atoms with E-state index in [1.165, 1.54) is 32.1 Å². The quantitative estimate of drug-likeness (QED) is 0.810. The van der Waals surface area contributed by atoms with E-state index in [-0.39, 0.29) is 5.91 Å². The van der Waals surface area contributed by atoms with Gasteiger partial charge in [0.15, 0.2) is 0 Å². The number of ether oxygens (including phenoxy) is 1. The molecule has 0 aliphatic heterocycles. The van der Waals surface area contributed by atoms with E-state index < -0.39 is 0 Å². The molecule has 4 heteroatoms. The molecule has 0 spiro atoms. The summed E-state index contributed by atoms with van der Waals surface area (Å²) >= 11 is 0. The highest BCUT2D eigenvalue weighted by Crippen LogP contribution is 2.17. The van der Waals surface area contributed by atoms with Crippen LogP contribution in [-0.4, -0.2) is 25.1 Å². The zero-order valence-corrected chi connectivity index (χ0v) is 12.9. The maximum Gasteiger partial charge on any atom is 0.225 e. The number of hydrogen-bond donors (Lipinski definition) is 2. The first kappa shape index (κ1) is 15.8. The largest absolute Gasteiger partial charge is 0.494 e. The maximum atomic E-state index is 11.9. The Morgan fingerprint density at radius 3 is 2.57 bits per heavy atom. The zero-order valence-electron chi connectivity index (χ0n) is 12.9. The predicted molar refractivity (Wildman–Crippen MR) is 85.7 cm³/mol. The molecule has 0 heterocycles. The molecule has 1 saturated carbocycles. The van der Waals surface area contributed by atoms with Gasteiger partial charge in [0.05, 0.1) is 6.61 Å². The minimum Gasteiger partial charge on any atom is -0.494 e. The van der Waals surface area contributed by atoms with Crippen molar-refractivity contribution >= 4 is 11.6 Å². The molecule has 0 atom stereocenters. The van der Waals surface area contributed by atoms with Gasteiger partial charge in [0.2, 0.25) is 5.91 Å². The van der Waals surface area contributed by atoms with E-state index >= 15 is 0 Å². The smallest absolute Gasteiger partial charge is 0.225 e. The van der Waals surface area contributed by atoms with Crippen molar-refractivity contribution in [1.82, 2.24) is 5.32 Å². The summed E-state index contributed by atoms with van der Waals surface area (Å²) in [5, 5.41) is 6.40. The highest BCUT2D eigenvalue weighted by Gasteiger charge is 2.12. The number of nitrogens with one attached hydrogen (secondary N) is 2. The average Bonchev–Trinajstić information content (AvgIpc) is 2.51. The molecule has 2 rings (SSSR count). The molecule has 1 aromatic carbocycles. The summed E-state index contributed by atoms with van der Waals surface area (Å²) in [6.07, 6.45) is 7.01. The van der Waals surface area contributed by atoms with Gasteiger partial charge < -0.3 is 15.4 Å². The van der Waals surface area contributed by atoms with Crippen LogP contribution in [0.5, 0.6) is 5.75 Å². The maximum absolute atomic E-state index is 11.9. The molecule has 21 heavy (non-hydrogen) atoms. The summed E-state index contributed by atoms with van der Waals surface area (Å²) in [6.45, 7) is 3.36. The fraction of sp³-hybridized carbons (Fsp3) is 0.588. The molecule has 116 valence electrons. The van der Waals surface area contributed by atoms with E-state index in [2.05, 4.69) is 10.6 Å². The van der Waals surface area contributed by atoms with Gasteiger partial charge in [0.1, 0.15) is 5.75 Å². The minimum atomic E-state index is 0.0578. The second kappa shape index (κ2) is 8.67.